The summed E-state index contributed by atoms with van der Waals surface area (Å²) in [7, 11) is 1.70. The fraction of sp³-hybridized carbons (Fsp3) is 0.571. The lowest BCUT2D eigenvalue weighted by Gasteiger charge is -2.15. The van der Waals surface area contributed by atoms with Gasteiger partial charge in [-0.15, -0.1) is 0 Å². The topological polar surface area (TPSA) is 38.7 Å². The van der Waals surface area contributed by atoms with Gasteiger partial charge >= 0.3 is 0 Å². The highest BCUT2D eigenvalue weighted by Gasteiger charge is 2.20. The van der Waals surface area contributed by atoms with E-state index >= 15 is 0 Å². The van der Waals surface area contributed by atoms with Crippen molar-refractivity contribution in [1.82, 2.24) is 0 Å². The van der Waals surface area contributed by atoms with Gasteiger partial charge in [0.1, 0.15) is 5.75 Å². The molecular formula is C14H20O3. The van der Waals surface area contributed by atoms with E-state index in [-0.39, 0.29) is 12.2 Å². The minimum Gasteiger partial charge on any atom is -0.491 e. The molecule has 3 heteroatoms. The van der Waals surface area contributed by atoms with E-state index in [1.54, 1.807) is 7.11 Å². The first-order chi connectivity index (χ1) is 8.20. The molecule has 94 valence electrons. The van der Waals surface area contributed by atoms with E-state index < -0.39 is 0 Å². The van der Waals surface area contributed by atoms with Crippen molar-refractivity contribution in [2.75, 3.05) is 13.7 Å². The molecule has 1 aromatic rings. The number of fused-ring (bicyclic) bond motifs is 1. The van der Waals surface area contributed by atoms with Gasteiger partial charge in [-0.25, -0.2) is 0 Å². The molecule has 1 unspecified atom stereocenters. The maximum atomic E-state index is 9.71. The molecule has 2 atom stereocenters. The smallest absolute Gasteiger partial charge is 0.119 e. The van der Waals surface area contributed by atoms with Gasteiger partial charge < -0.3 is 14.6 Å². The van der Waals surface area contributed by atoms with Crippen LogP contribution in [0.5, 0.6) is 5.75 Å². The summed E-state index contributed by atoms with van der Waals surface area (Å²) >= 11 is 0. The minimum absolute atomic E-state index is 0.152. The highest BCUT2D eigenvalue weighted by molar-refractivity contribution is 5.39. The van der Waals surface area contributed by atoms with Crippen LogP contribution in [0.2, 0.25) is 0 Å². The number of hydrogen-bond donors (Lipinski definition) is 1. The van der Waals surface area contributed by atoms with Crippen LogP contribution in [0.25, 0.3) is 0 Å². The van der Waals surface area contributed by atoms with Crippen molar-refractivity contribution >= 4 is 0 Å². The molecule has 0 saturated carbocycles. The normalized spacial score (nSPS) is 20.1. The third kappa shape index (κ3) is 2.99. The molecule has 3 nitrogen and oxygen atoms in total. The lowest BCUT2D eigenvalue weighted by molar-refractivity contribution is 0.135. The lowest BCUT2D eigenvalue weighted by Crippen LogP contribution is -2.14. The molecule has 0 amide bonds. The Hall–Kier alpha value is -1.06. The second-order valence-electron chi connectivity index (χ2n) is 4.63. The zero-order valence-electron chi connectivity index (χ0n) is 10.5. The molecular weight excluding hydrogens is 216 g/mol. The first kappa shape index (κ1) is 12.4. The molecule has 0 radical (unpaired) electrons. The number of benzene rings is 1. The largest absolute Gasteiger partial charge is 0.491 e. The number of rotatable bonds is 5. The van der Waals surface area contributed by atoms with Crippen molar-refractivity contribution in [2.45, 2.75) is 38.4 Å². The van der Waals surface area contributed by atoms with Gasteiger partial charge in [0.15, 0.2) is 0 Å². The maximum absolute atomic E-state index is 9.71. The molecule has 0 spiro atoms. The second-order valence-corrected chi connectivity index (χ2v) is 4.63. The molecule has 1 aliphatic carbocycles. The molecule has 0 heterocycles. The van der Waals surface area contributed by atoms with Crippen molar-refractivity contribution in [3.63, 3.8) is 0 Å². The van der Waals surface area contributed by atoms with Crippen LogP contribution in [-0.4, -0.2) is 24.9 Å². The van der Waals surface area contributed by atoms with E-state index in [1.165, 1.54) is 5.56 Å². The molecule has 0 aromatic heterocycles. The van der Waals surface area contributed by atoms with Gasteiger partial charge in [-0.1, -0.05) is 6.07 Å². The van der Waals surface area contributed by atoms with Crippen molar-refractivity contribution in [3.8, 4) is 5.75 Å². The molecule has 1 N–H and O–H groups in total. The minimum atomic E-state index is -0.287. The molecule has 0 bridgehead atoms. The van der Waals surface area contributed by atoms with Crippen molar-refractivity contribution in [1.29, 1.82) is 0 Å². The maximum Gasteiger partial charge on any atom is 0.119 e. The Morgan fingerprint density at radius 1 is 1.47 bits per heavy atom. The number of aliphatic hydroxyl groups excluding tert-OH is 1. The zero-order chi connectivity index (χ0) is 12.3. The van der Waals surface area contributed by atoms with E-state index in [2.05, 4.69) is 6.07 Å². The monoisotopic (exact) mass is 236 g/mol. The molecule has 0 aliphatic heterocycles. The van der Waals surface area contributed by atoms with Gasteiger partial charge in [-0.3, -0.25) is 0 Å². The molecule has 1 aliphatic rings. The Morgan fingerprint density at radius 3 is 3.06 bits per heavy atom. The predicted molar refractivity (Wildman–Crippen MR) is 66.3 cm³/mol. The lowest BCUT2D eigenvalue weighted by atomic mass is 10.1. The van der Waals surface area contributed by atoms with E-state index in [4.69, 9.17) is 9.47 Å². The zero-order valence-corrected chi connectivity index (χ0v) is 10.5. The first-order valence-electron chi connectivity index (χ1n) is 6.17. The highest BCUT2D eigenvalue weighted by Crippen LogP contribution is 2.33. The SMILES string of the molecule is COCCC(C)Oc1ccc2c(c1)CC[C@@H]2O. The molecule has 17 heavy (non-hydrogen) atoms. The number of aryl methyl sites for hydroxylation is 1. The fourth-order valence-corrected chi connectivity index (χ4v) is 2.22. The van der Waals surface area contributed by atoms with Gasteiger partial charge in [0, 0.05) is 20.1 Å². The Morgan fingerprint density at radius 2 is 2.29 bits per heavy atom. The van der Waals surface area contributed by atoms with Crippen LogP contribution in [0.3, 0.4) is 0 Å². The summed E-state index contributed by atoms with van der Waals surface area (Å²) in [5.41, 5.74) is 2.27. The van der Waals surface area contributed by atoms with Gasteiger partial charge in [0.2, 0.25) is 0 Å². The molecule has 1 aromatic carbocycles. The second kappa shape index (κ2) is 5.52. The van der Waals surface area contributed by atoms with Crippen LogP contribution in [0.1, 0.15) is 37.0 Å². The van der Waals surface area contributed by atoms with E-state index in [1.807, 2.05) is 19.1 Å². The predicted octanol–water partition coefficient (Wildman–Crippen LogP) is 2.47. The molecule has 0 saturated heterocycles. The van der Waals surface area contributed by atoms with Crippen molar-refractivity contribution < 1.29 is 14.6 Å². The summed E-state index contributed by atoms with van der Waals surface area (Å²) in [5.74, 6) is 0.890. The van der Waals surface area contributed by atoms with Gasteiger partial charge in [0.05, 0.1) is 12.2 Å². The summed E-state index contributed by atoms with van der Waals surface area (Å²) < 4.78 is 10.8. The third-order valence-electron chi connectivity index (χ3n) is 3.23. The summed E-state index contributed by atoms with van der Waals surface area (Å²) in [6.45, 7) is 2.76. The first-order valence-corrected chi connectivity index (χ1v) is 6.17. The Bertz CT molecular complexity index is 376. The summed E-state index contributed by atoms with van der Waals surface area (Å²) in [4.78, 5) is 0. The molecule has 2 rings (SSSR count). The van der Waals surface area contributed by atoms with Crippen LogP contribution >= 0.6 is 0 Å². The van der Waals surface area contributed by atoms with Crippen LogP contribution in [0.4, 0.5) is 0 Å². The van der Waals surface area contributed by atoms with E-state index in [0.29, 0.717) is 6.61 Å². The van der Waals surface area contributed by atoms with E-state index in [0.717, 1.165) is 30.6 Å². The van der Waals surface area contributed by atoms with Crippen LogP contribution in [-0.2, 0) is 11.2 Å². The number of ether oxygens (including phenoxy) is 2. The van der Waals surface area contributed by atoms with Crippen molar-refractivity contribution in [2.24, 2.45) is 0 Å². The third-order valence-corrected chi connectivity index (χ3v) is 3.23. The summed E-state index contributed by atoms with van der Waals surface area (Å²) in [6, 6.07) is 5.97. The van der Waals surface area contributed by atoms with Crippen LogP contribution in [0.15, 0.2) is 18.2 Å². The van der Waals surface area contributed by atoms with E-state index in [9.17, 15) is 5.11 Å². The fourth-order valence-electron chi connectivity index (χ4n) is 2.22. The number of aliphatic hydroxyl groups is 1. The van der Waals surface area contributed by atoms with Gasteiger partial charge in [0.25, 0.3) is 0 Å². The Kier molecular flexibility index (Phi) is 4.02. The average molecular weight is 236 g/mol. The standard InChI is InChI=1S/C14H20O3/c1-10(7-8-16-2)17-12-4-5-13-11(9-12)3-6-14(13)15/h4-5,9-10,14-15H,3,6-8H2,1-2H3/t10?,14-/m0/s1. The Balaban J connectivity index is 1.98. The average Bonchev–Trinajstić information content (AvgIpc) is 2.68. The van der Waals surface area contributed by atoms with Gasteiger partial charge in [-0.2, -0.15) is 0 Å². The van der Waals surface area contributed by atoms with Crippen LogP contribution in [0, 0.1) is 0 Å². The number of methoxy groups -OCH3 is 1. The summed E-state index contributed by atoms with van der Waals surface area (Å²) in [5, 5.41) is 9.71. The van der Waals surface area contributed by atoms with Crippen LogP contribution < -0.4 is 4.74 Å². The highest BCUT2D eigenvalue weighted by atomic mass is 16.5. The van der Waals surface area contributed by atoms with Gasteiger partial charge in [-0.05, 0) is 43.0 Å². The molecule has 0 fully saturated rings. The quantitative estimate of drug-likeness (QED) is 0.853. The van der Waals surface area contributed by atoms with Crippen molar-refractivity contribution in [3.05, 3.63) is 29.3 Å². The Labute approximate surface area is 102 Å². The summed E-state index contributed by atoms with van der Waals surface area (Å²) in [6.07, 6.45) is 2.53. The number of hydrogen-bond acceptors (Lipinski definition) is 3.